The van der Waals surface area contributed by atoms with E-state index in [-0.39, 0.29) is 12.1 Å². The zero-order valence-corrected chi connectivity index (χ0v) is 11.6. The van der Waals surface area contributed by atoms with Gasteiger partial charge in [-0.3, -0.25) is 0 Å². The van der Waals surface area contributed by atoms with Gasteiger partial charge in [-0.25, -0.2) is 8.78 Å². The molecule has 0 amide bonds. The van der Waals surface area contributed by atoms with Crippen LogP contribution in [-0.4, -0.2) is 18.2 Å². The van der Waals surface area contributed by atoms with Gasteiger partial charge >= 0.3 is 0 Å². The summed E-state index contributed by atoms with van der Waals surface area (Å²) in [4.78, 5) is 0. The second-order valence-corrected chi connectivity index (χ2v) is 5.24. The maximum Gasteiger partial charge on any atom is 0.131 e. The zero-order chi connectivity index (χ0) is 14.3. The SMILES string of the molecule is CC(C)CCCCNCC(O)c1c(F)cccc1F. The van der Waals surface area contributed by atoms with Gasteiger partial charge in [-0.2, -0.15) is 0 Å². The minimum absolute atomic E-state index is 0.166. The zero-order valence-electron chi connectivity index (χ0n) is 11.6. The molecule has 2 nitrogen and oxygen atoms in total. The van der Waals surface area contributed by atoms with E-state index in [2.05, 4.69) is 19.2 Å². The van der Waals surface area contributed by atoms with Crippen molar-refractivity contribution in [3.8, 4) is 0 Å². The summed E-state index contributed by atoms with van der Waals surface area (Å²) in [6, 6.07) is 3.61. The molecule has 1 aromatic carbocycles. The second kappa shape index (κ2) is 8.23. The molecule has 0 aliphatic rings. The van der Waals surface area contributed by atoms with Crippen LogP contribution in [0.5, 0.6) is 0 Å². The van der Waals surface area contributed by atoms with Crippen LogP contribution < -0.4 is 5.32 Å². The highest BCUT2D eigenvalue weighted by Crippen LogP contribution is 2.19. The summed E-state index contributed by atoms with van der Waals surface area (Å²) in [5, 5.41) is 12.8. The van der Waals surface area contributed by atoms with Crippen LogP contribution in [0.4, 0.5) is 8.78 Å². The minimum Gasteiger partial charge on any atom is -0.387 e. The average molecular weight is 271 g/mol. The van der Waals surface area contributed by atoms with E-state index < -0.39 is 17.7 Å². The monoisotopic (exact) mass is 271 g/mol. The van der Waals surface area contributed by atoms with Crippen molar-refractivity contribution >= 4 is 0 Å². The highest BCUT2D eigenvalue weighted by molar-refractivity contribution is 5.22. The Hall–Kier alpha value is -1.00. The first-order valence-electron chi connectivity index (χ1n) is 6.85. The fourth-order valence-electron chi connectivity index (χ4n) is 1.97. The van der Waals surface area contributed by atoms with Crippen molar-refractivity contribution < 1.29 is 13.9 Å². The van der Waals surface area contributed by atoms with Crippen molar-refractivity contribution in [2.24, 2.45) is 5.92 Å². The fraction of sp³-hybridized carbons (Fsp3) is 0.600. The second-order valence-electron chi connectivity index (χ2n) is 5.24. The van der Waals surface area contributed by atoms with Gasteiger partial charge in [0.25, 0.3) is 0 Å². The van der Waals surface area contributed by atoms with E-state index in [1.807, 2.05) is 0 Å². The number of rotatable bonds is 8. The molecule has 1 rings (SSSR count). The van der Waals surface area contributed by atoms with E-state index in [1.165, 1.54) is 12.5 Å². The van der Waals surface area contributed by atoms with E-state index in [4.69, 9.17) is 0 Å². The Bertz CT molecular complexity index is 362. The Morgan fingerprint density at radius 2 is 1.79 bits per heavy atom. The van der Waals surface area contributed by atoms with Crippen LogP contribution in [0.1, 0.15) is 44.8 Å². The summed E-state index contributed by atoms with van der Waals surface area (Å²) in [5.74, 6) is -0.707. The number of unbranched alkanes of at least 4 members (excludes halogenated alkanes) is 1. The molecule has 1 aromatic rings. The van der Waals surface area contributed by atoms with Gasteiger partial charge in [-0.1, -0.05) is 32.8 Å². The number of nitrogens with one attached hydrogen (secondary N) is 1. The Morgan fingerprint density at radius 1 is 1.16 bits per heavy atom. The molecule has 2 N–H and O–H groups in total. The van der Waals surface area contributed by atoms with E-state index in [0.717, 1.165) is 31.5 Å². The quantitative estimate of drug-likeness (QED) is 0.710. The number of hydrogen-bond acceptors (Lipinski definition) is 2. The van der Waals surface area contributed by atoms with Gasteiger partial charge in [-0.05, 0) is 31.0 Å². The third-order valence-corrected chi connectivity index (χ3v) is 3.06. The van der Waals surface area contributed by atoms with E-state index in [0.29, 0.717) is 5.92 Å². The lowest BCUT2D eigenvalue weighted by Gasteiger charge is -2.14. The van der Waals surface area contributed by atoms with Crippen LogP contribution in [0.15, 0.2) is 18.2 Å². The standard InChI is InChI=1S/C15H23F2NO/c1-11(2)6-3-4-9-18-10-14(19)15-12(16)7-5-8-13(15)17/h5,7-8,11,14,18-19H,3-4,6,9-10H2,1-2H3. The van der Waals surface area contributed by atoms with Crippen molar-refractivity contribution in [1.82, 2.24) is 5.32 Å². The highest BCUT2D eigenvalue weighted by atomic mass is 19.1. The molecule has 108 valence electrons. The lowest BCUT2D eigenvalue weighted by molar-refractivity contribution is 0.165. The molecule has 0 aliphatic heterocycles. The van der Waals surface area contributed by atoms with Crippen LogP contribution >= 0.6 is 0 Å². The number of aliphatic hydroxyl groups excluding tert-OH is 1. The topological polar surface area (TPSA) is 32.3 Å². The molecule has 0 saturated carbocycles. The molecule has 0 saturated heterocycles. The third kappa shape index (κ3) is 5.66. The smallest absolute Gasteiger partial charge is 0.131 e. The number of aliphatic hydroxyl groups is 1. The first-order chi connectivity index (χ1) is 9.02. The first kappa shape index (κ1) is 16.1. The summed E-state index contributed by atoms with van der Waals surface area (Å²) in [5.41, 5.74) is -0.253. The van der Waals surface area contributed by atoms with Crippen molar-refractivity contribution in [2.75, 3.05) is 13.1 Å². The normalized spacial score (nSPS) is 12.9. The molecule has 0 radical (unpaired) electrons. The Balaban J connectivity index is 2.30. The summed E-state index contributed by atoms with van der Waals surface area (Å²) < 4.78 is 26.8. The van der Waals surface area contributed by atoms with Gasteiger partial charge in [0.05, 0.1) is 11.7 Å². The van der Waals surface area contributed by atoms with Gasteiger partial charge in [0, 0.05) is 6.54 Å². The molecular formula is C15H23F2NO. The van der Waals surface area contributed by atoms with Crippen LogP contribution in [0.25, 0.3) is 0 Å². The molecule has 1 atom stereocenters. The first-order valence-corrected chi connectivity index (χ1v) is 6.85. The van der Waals surface area contributed by atoms with Gasteiger partial charge in [0.1, 0.15) is 11.6 Å². The minimum atomic E-state index is -1.15. The molecule has 0 aliphatic carbocycles. The summed E-state index contributed by atoms with van der Waals surface area (Å²) in [6.07, 6.45) is 2.15. The van der Waals surface area contributed by atoms with Crippen molar-refractivity contribution in [1.29, 1.82) is 0 Å². The van der Waals surface area contributed by atoms with Gasteiger partial charge in [0.15, 0.2) is 0 Å². The van der Waals surface area contributed by atoms with Crippen LogP contribution in [0, 0.1) is 17.6 Å². The highest BCUT2D eigenvalue weighted by Gasteiger charge is 2.16. The molecule has 0 heterocycles. The van der Waals surface area contributed by atoms with E-state index >= 15 is 0 Å². The summed E-state index contributed by atoms with van der Waals surface area (Å²) >= 11 is 0. The van der Waals surface area contributed by atoms with E-state index in [9.17, 15) is 13.9 Å². The Morgan fingerprint density at radius 3 is 2.37 bits per heavy atom. The number of hydrogen-bond donors (Lipinski definition) is 2. The fourth-order valence-corrected chi connectivity index (χ4v) is 1.97. The van der Waals surface area contributed by atoms with Gasteiger partial charge < -0.3 is 10.4 Å². The van der Waals surface area contributed by atoms with Crippen LogP contribution in [0.3, 0.4) is 0 Å². The van der Waals surface area contributed by atoms with E-state index in [1.54, 1.807) is 0 Å². The third-order valence-electron chi connectivity index (χ3n) is 3.06. The van der Waals surface area contributed by atoms with Gasteiger partial charge in [0.2, 0.25) is 0 Å². The van der Waals surface area contributed by atoms with Crippen LogP contribution in [0.2, 0.25) is 0 Å². The van der Waals surface area contributed by atoms with Crippen molar-refractivity contribution in [2.45, 2.75) is 39.2 Å². The summed E-state index contributed by atoms with van der Waals surface area (Å²) in [7, 11) is 0. The molecule has 4 heteroatoms. The summed E-state index contributed by atoms with van der Waals surface area (Å²) in [6.45, 7) is 5.27. The Labute approximate surface area is 113 Å². The predicted molar refractivity (Wildman–Crippen MR) is 72.9 cm³/mol. The predicted octanol–water partition coefficient (Wildman–Crippen LogP) is 3.41. The molecule has 19 heavy (non-hydrogen) atoms. The largest absolute Gasteiger partial charge is 0.387 e. The average Bonchev–Trinajstić information content (AvgIpc) is 2.33. The molecule has 1 unspecified atom stereocenters. The maximum atomic E-state index is 13.4. The van der Waals surface area contributed by atoms with Crippen LogP contribution in [-0.2, 0) is 0 Å². The molecule has 0 aromatic heterocycles. The molecule has 0 fully saturated rings. The number of halogens is 2. The lowest BCUT2D eigenvalue weighted by Crippen LogP contribution is -2.23. The van der Waals surface area contributed by atoms with Crippen molar-refractivity contribution in [3.05, 3.63) is 35.4 Å². The Kier molecular flexibility index (Phi) is 6.95. The van der Waals surface area contributed by atoms with Gasteiger partial charge in [-0.15, -0.1) is 0 Å². The lowest BCUT2D eigenvalue weighted by atomic mass is 10.1. The number of benzene rings is 1. The molecule has 0 spiro atoms. The maximum absolute atomic E-state index is 13.4. The van der Waals surface area contributed by atoms with Crippen molar-refractivity contribution in [3.63, 3.8) is 0 Å². The molecular weight excluding hydrogens is 248 g/mol. The molecule has 0 bridgehead atoms.